The van der Waals surface area contributed by atoms with Gasteiger partial charge in [-0.05, 0) is 54.6 Å². The van der Waals surface area contributed by atoms with E-state index in [9.17, 15) is 5.21 Å². The molecule has 1 aliphatic rings. The summed E-state index contributed by atoms with van der Waals surface area (Å²) in [5, 5.41) is 10.3. The quantitative estimate of drug-likeness (QED) is 0.304. The Kier molecular flexibility index (Phi) is 4.49. The molecule has 1 unspecified atom stereocenters. The SMILES string of the molecule is CN(C)c1ccc(C=[N+](O)C2SC(=S)N(C)C2(C)C)cc1. The maximum absolute atomic E-state index is 10.4. The van der Waals surface area contributed by atoms with Gasteiger partial charge in [-0.15, -0.1) is 0 Å². The molecular formula is C15H22N3OS2+. The minimum atomic E-state index is -0.226. The minimum Gasteiger partial charge on any atom is -0.378 e. The minimum absolute atomic E-state index is 0.122. The summed E-state index contributed by atoms with van der Waals surface area (Å²) < 4.78 is 2.07. The number of benzene rings is 1. The van der Waals surface area contributed by atoms with E-state index in [1.807, 2.05) is 55.2 Å². The van der Waals surface area contributed by atoms with Gasteiger partial charge in [-0.1, -0.05) is 12.2 Å². The van der Waals surface area contributed by atoms with Gasteiger partial charge in [0, 0.05) is 32.4 Å². The normalized spacial score (nSPS) is 21.8. The van der Waals surface area contributed by atoms with Crippen LogP contribution in [0.5, 0.6) is 0 Å². The second-order valence-electron chi connectivity index (χ2n) is 5.94. The highest BCUT2D eigenvalue weighted by molar-refractivity contribution is 8.23. The van der Waals surface area contributed by atoms with E-state index in [2.05, 4.69) is 13.8 Å². The van der Waals surface area contributed by atoms with Crippen molar-refractivity contribution in [2.45, 2.75) is 24.8 Å². The number of hydrogen-bond acceptors (Lipinski definition) is 4. The maximum Gasteiger partial charge on any atom is 0.276 e. The third kappa shape index (κ3) is 3.16. The zero-order valence-electron chi connectivity index (χ0n) is 13.1. The monoisotopic (exact) mass is 324 g/mol. The van der Waals surface area contributed by atoms with Crippen molar-refractivity contribution in [2.24, 2.45) is 0 Å². The fourth-order valence-corrected chi connectivity index (χ4v) is 3.88. The molecule has 21 heavy (non-hydrogen) atoms. The third-order valence-corrected chi connectivity index (χ3v) is 5.94. The van der Waals surface area contributed by atoms with Gasteiger partial charge in [0.1, 0.15) is 9.86 Å². The number of anilines is 1. The summed E-state index contributed by atoms with van der Waals surface area (Å²) in [5.74, 6) is 0. The molecule has 0 aliphatic carbocycles. The van der Waals surface area contributed by atoms with E-state index < -0.39 is 0 Å². The van der Waals surface area contributed by atoms with Crippen molar-refractivity contribution in [3.63, 3.8) is 0 Å². The molecule has 0 amide bonds. The molecule has 0 bridgehead atoms. The molecule has 0 saturated carbocycles. The summed E-state index contributed by atoms with van der Waals surface area (Å²) in [7, 11) is 5.98. The summed E-state index contributed by atoms with van der Waals surface area (Å²) in [6.07, 6.45) is 1.75. The van der Waals surface area contributed by atoms with Crippen molar-refractivity contribution in [3.05, 3.63) is 29.8 Å². The average molecular weight is 324 g/mol. The van der Waals surface area contributed by atoms with E-state index >= 15 is 0 Å². The topological polar surface area (TPSA) is 29.7 Å². The molecular weight excluding hydrogens is 302 g/mol. The highest BCUT2D eigenvalue weighted by atomic mass is 32.2. The molecule has 6 heteroatoms. The van der Waals surface area contributed by atoms with E-state index in [4.69, 9.17) is 12.2 Å². The predicted molar refractivity (Wildman–Crippen MR) is 93.8 cm³/mol. The first-order valence-electron chi connectivity index (χ1n) is 6.77. The van der Waals surface area contributed by atoms with Gasteiger partial charge >= 0.3 is 0 Å². The molecule has 0 spiro atoms. The average Bonchev–Trinajstić information content (AvgIpc) is 2.63. The van der Waals surface area contributed by atoms with Crippen molar-refractivity contribution in [1.82, 2.24) is 4.90 Å². The Morgan fingerprint density at radius 2 is 1.90 bits per heavy atom. The Labute approximate surface area is 136 Å². The first kappa shape index (κ1) is 16.1. The summed E-state index contributed by atoms with van der Waals surface area (Å²) >= 11 is 6.84. The highest BCUT2D eigenvalue weighted by Crippen LogP contribution is 2.38. The standard InChI is InChI=1S/C15H22N3OS2/c1-15(2)13(21-14(20)17(15)5)18(19)10-11-6-8-12(9-7-11)16(3)4/h6-10,13,19H,1-5H3/q+1. The second kappa shape index (κ2) is 5.85. The smallest absolute Gasteiger partial charge is 0.276 e. The van der Waals surface area contributed by atoms with Crippen molar-refractivity contribution in [2.75, 3.05) is 26.0 Å². The fraction of sp³-hybridized carbons (Fsp3) is 0.467. The molecule has 0 radical (unpaired) electrons. The lowest BCUT2D eigenvalue weighted by atomic mass is 10.0. The molecule has 114 valence electrons. The van der Waals surface area contributed by atoms with Gasteiger partial charge in [-0.2, -0.15) is 0 Å². The van der Waals surface area contributed by atoms with Crippen molar-refractivity contribution >= 4 is 40.2 Å². The lowest BCUT2D eigenvalue weighted by molar-refractivity contribution is -0.785. The van der Waals surface area contributed by atoms with Gasteiger partial charge in [-0.25, -0.2) is 0 Å². The molecule has 1 aromatic carbocycles. The van der Waals surface area contributed by atoms with Crippen LogP contribution in [0.3, 0.4) is 0 Å². The van der Waals surface area contributed by atoms with Crippen LogP contribution in [0, 0.1) is 0 Å². The van der Waals surface area contributed by atoms with E-state index in [0.717, 1.165) is 15.6 Å². The van der Waals surface area contributed by atoms with Gasteiger partial charge in [0.25, 0.3) is 5.37 Å². The number of nitrogens with zero attached hydrogens (tertiary/aromatic N) is 3. The lowest BCUT2D eigenvalue weighted by Crippen LogP contribution is -2.47. The van der Waals surface area contributed by atoms with Crippen LogP contribution < -0.4 is 4.90 Å². The zero-order chi connectivity index (χ0) is 15.8. The Morgan fingerprint density at radius 1 is 1.33 bits per heavy atom. The summed E-state index contributed by atoms with van der Waals surface area (Å²) in [6, 6.07) is 8.05. The first-order valence-corrected chi connectivity index (χ1v) is 8.06. The lowest BCUT2D eigenvalue weighted by Gasteiger charge is -2.28. The van der Waals surface area contributed by atoms with Crippen LogP contribution in [-0.4, -0.2) is 57.4 Å². The molecule has 1 aromatic rings. The molecule has 4 nitrogen and oxygen atoms in total. The predicted octanol–water partition coefficient (Wildman–Crippen LogP) is 2.64. The molecule has 1 saturated heterocycles. The summed E-state index contributed by atoms with van der Waals surface area (Å²) in [5.41, 5.74) is 1.87. The molecule has 1 aliphatic heterocycles. The fourth-order valence-electron chi connectivity index (χ4n) is 2.18. The molecule has 1 fully saturated rings. The van der Waals surface area contributed by atoms with Crippen molar-refractivity contribution in [3.8, 4) is 0 Å². The van der Waals surface area contributed by atoms with E-state index in [-0.39, 0.29) is 10.9 Å². The van der Waals surface area contributed by atoms with Crippen molar-refractivity contribution in [1.29, 1.82) is 0 Å². The van der Waals surface area contributed by atoms with E-state index in [0.29, 0.717) is 0 Å². The number of likely N-dealkylation sites (N-methyl/N-ethyl adjacent to an activating group) is 1. The Morgan fingerprint density at radius 3 is 2.33 bits per heavy atom. The zero-order valence-corrected chi connectivity index (χ0v) is 14.7. The van der Waals surface area contributed by atoms with Crippen LogP contribution in [-0.2, 0) is 0 Å². The van der Waals surface area contributed by atoms with Crippen LogP contribution in [0.2, 0.25) is 0 Å². The molecule has 1 heterocycles. The molecule has 0 aromatic heterocycles. The highest BCUT2D eigenvalue weighted by Gasteiger charge is 2.51. The molecule has 1 atom stereocenters. The Hall–Kier alpha value is -1.27. The van der Waals surface area contributed by atoms with Crippen molar-refractivity contribution < 1.29 is 9.95 Å². The third-order valence-electron chi connectivity index (χ3n) is 3.89. The number of hydroxylamine groups is 1. The Bertz CT molecular complexity index is 567. The number of rotatable bonds is 3. The largest absolute Gasteiger partial charge is 0.378 e. The van der Waals surface area contributed by atoms with Gasteiger partial charge in [0.05, 0.1) is 0 Å². The van der Waals surface area contributed by atoms with Crippen LogP contribution in [0.1, 0.15) is 19.4 Å². The van der Waals surface area contributed by atoms with E-state index in [1.165, 1.54) is 16.5 Å². The number of thioether (sulfide) groups is 1. The Balaban J connectivity index is 2.23. The first-order chi connectivity index (χ1) is 9.73. The van der Waals surface area contributed by atoms with Crippen LogP contribution in [0.4, 0.5) is 5.69 Å². The number of thiocarbonyl (C=S) groups is 1. The summed E-state index contributed by atoms with van der Waals surface area (Å²) in [4.78, 5) is 4.08. The number of hydrogen-bond donors (Lipinski definition) is 1. The van der Waals surface area contributed by atoms with E-state index in [1.54, 1.807) is 6.21 Å². The molecule has 1 N–H and O–H groups in total. The molecule has 2 rings (SSSR count). The van der Waals surface area contributed by atoms with Gasteiger partial charge < -0.3 is 9.80 Å². The summed E-state index contributed by atoms with van der Waals surface area (Å²) in [6.45, 7) is 4.16. The second-order valence-corrected chi connectivity index (χ2v) is 7.66. The van der Waals surface area contributed by atoms with Gasteiger partial charge in [0.2, 0.25) is 6.21 Å². The van der Waals surface area contributed by atoms with Crippen LogP contribution in [0.25, 0.3) is 0 Å². The van der Waals surface area contributed by atoms with Gasteiger partial charge in [-0.3, -0.25) is 5.21 Å². The maximum atomic E-state index is 10.4. The van der Waals surface area contributed by atoms with Gasteiger partial charge in [0.15, 0.2) is 0 Å². The van der Waals surface area contributed by atoms with Crippen LogP contribution >= 0.6 is 24.0 Å². The van der Waals surface area contributed by atoms with Crippen LogP contribution in [0.15, 0.2) is 24.3 Å².